The van der Waals surface area contributed by atoms with Gasteiger partial charge in [-0.2, -0.15) is 0 Å². The van der Waals surface area contributed by atoms with Crippen LogP contribution < -0.4 is 5.32 Å². The Kier molecular flexibility index (Phi) is 4.54. The van der Waals surface area contributed by atoms with Gasteiger partial charge < -0.3 is 5.32 Å². The third kappa shape index (κ3) is 3.15. The lowest BCUT2D eigenvalue weighted by Gasteiger charge is -2.22. The third-order valence-corrected chi connectivity index (χ3v) is 6.77. The number of nitrogens with zero attached hydrogens (tertiary/aromatic N) is 1. The molecule has 1 aromatic heterocycles. The number of rotatable bonds is 4. The van der Waals surface area contributed by atoms with Crippen LogP contribution in [0, 0.1) is 11.7 Å². The summed E-state index contributed by atoms with van der Waals surface area (Å²) in [5.74, 6) is 0.136. The molecule has 6 heteroatoms. The lowest BCUT2D eigenvalue weighted by atomic mass is 9.91. The van der Waals surface area contributed by atoms with E-state index in [4.69, 9.17) is 0 Å². The molecule has 3 aromatic rings. The van der Waals surface area contributed by atoms with Crippen molar-refractivity contribution < 1.29 is 12.8 Å². The third-order valence-electron chi connectivity index (χ3n) is 5.08. The van der Waals surface area contributed by atoms with Crippen molar-refractivity contribution in [3.63, 3.8) is 0 Å². The Bertz CT molecular complexity index is 1020. The van der Waals surface area contributed by atoms with Gasteiger partial charge in [-0.15, -0.1) is 0 Å². The van der Waals surface area contributed by atoms with Crippen molar-refractivity contribution in [3.05, 3.63) is 66.1 Å². The van der Waals surface area contributed by atoms with Gasteiger partial charge in [-0.1, -0.05) is 18.2 Å². The van der Waals surface area contributed by atoms with Crippen LogP contribution in [0.15, 0.2) is 59.6 Å². The molecule has 0 spiro atoms. The molecule has 1 saturated heterocycles. The maximum absolute atomic E-state index is 13.9. The number of fused-ring (bicyclic) bond motifs is 1. The highest BCUT2D eigenvalue weighted by Gasteiger charge is 2.23. The van der Waals surface area contributed by atoms with E-state index in [2.05, 4.69) is 5.32 Å². The summed E-state index contributed by atoms with van der Waals surface area (Å²) in [6.07, 6.45) is 4.54. The fourth-order valence-corrected chi connectivity index (χ4v) is 5.12. The number of aromatic nitrogens is 1. The van der Waals surface area contributed by atoms with E-state index in [0.717, 1.165) is 37.9 Å². The first-order chi connectivity index (χ1) is 12.6. The Balaban J connectivity index is 1.83. The van der Waals surface area contributed by atoms with Gasteiger partial charge in [-0.3, -0.25) is 0 Å². The summed E-state index contributed by atoms with van der Waals surface area (Å²) < 4.78 is 41.3. The van der Waals surface area contributed by atoms with E-state index in [0.29, 0.717) is 16.8 Å². The molecule has 0 atom stereocenters. The topological polar surface area (TPSA) is 51.1 Å². The van der Waals surface area contributed by atoms with Gasteiger partial charge in [0.25, 0.3) is 10.0 Å². The van der Waals surface area contributed by atoms with Gasteiger partial charge in [0, 0.05) is 11.6 Å². The molecule has 136 valence electrons. The van der Waals surface area contributed by atoms with Crippen molar-refractivity contribution >= 4 is 20.9 Å². The lowest BCUT2D eigenvalue weighted by Crippen LogP contribution is -2.28. The molecule has 1 aliphatic heterocycles. The standard InChI is InChI=1S/C20H21FN2O2S/c21-17-6-7-20-19(13-17)16(12-15-8-10-22-11-9-15)14-23(20)26(24,25)18-4-2-1-3-5-18/h1-7,13-15,22H,8-12H2. The number of hydrogen-bond acceptors (Lipinski definition) is 3. The van der Waals surface area contributed by atoms with Crippen LogP contribution in [-0.4, -0.2) is 25.5 Å². The molecule has 1 aliphatic rings. The normalized spacial score (nSPS) is 16.2. The first-order valence-corrected chi connectivity index (χ1v) is 10.3. The summed E-state index contributed by atoms with van der Waals surface area (Å²) >= 11 is 0. The largest absolute Gasteiger partial charge is 0.317 e. The molecule has 0 saturated carbocycles. The van der Waals surface area contributed by atoms with Gasteiger partial charge in [-0.05, 0) is 74.2 Å². The highest BCUT2D eigenvalue weighted by atomic mass is 32.2. The van der Waals surface area contributed by atoms with Crippen molar-refractivity contribution in [3.8, 4) is 0 Å². The maximum Gasteiger partial charge on any atom is 0.268 e. The van der Waals surface area contributed by atoms with Crippen LogP contribution in [0.3, 0.4) is 0 Å². The van der Waals surface area contributed by atoms with E-state index in [1.54, 1.807) is 42.6 Å². The average molecular weight is 372 g/mol. The fourth-order valence-electron chi connectivity index (χ4n) is 3.70. The average Bonchev–Trinajstić information content (AvgIpc) is 3.02. The smallest absolute Gasteiger partial charge is 0.268 e. The summed E-state index contributed by atoms with van der Waals surface area (Å²) in [5.41, 5.74) is 1.42. The van der Waals surface area contributed by atoms with Gasteiger partial charge in [0.15, 0.2) is 0 Å². The predicted molar refractivity (Wildman–Crippen MR) is 100 cm³/mol. The van der Waals surface area contributed by atoms with Crippen molar-refractivity contribution in [2.24, 2.45) is 5.92 Å². The van der Waals surface area contributed by atoms with Crippen LogP contribution in [0.4, 0.5) is 4.39 Å². The minimum atomic E-state index is -3.72. The van der Waals surface area contributed by atoms with Crippen LogP contribution in [-0.2, 0) is 16.4 Å². The second-order valence-electron chi connectivity index (χ2n) is 6.83. The van der Waals surface area contributed by atoms with Crippen LogP contribution in [0.5, 0.6) is 0 Å². The zero-order valence-corrected chi connectivity index (χ0v) is 15.2. The zero-order valence-electron chi connectivity index (χ0n) is 14.4. The Labute approximate surface area is 152 Å². The van der Waals surface area contributed by atoms with Gasteiger partial charge in [0.05, 0.1) is 10.4 Å². The molecular formula is C20H21FN2O2S. The quantitative estimate of drug-likeness (QED) is 0.762. The summed E-state index contributed by atoms with van der Waals surface area (Å²) in [6.45, 7) is 1.94. The zero-order chi connectivity index (χ0) is 18.1. The van der Waals surface area contributed by atoms with Crippen molar-refractivity contribution in [1.29, 1.82) is 0 Å². The molecule has 4 nitrogen and oxygen atoms in total. The first kappa shape index (κ1) is 17.2. The maximum atomic E-state index is 13.9. The molecule has 1 fully saturated rings. The van der Waals surface area contributed by atoms with E-state index >= 15 is 0 Å². The molecule has 2 heterocycles. The molecule has 4 rings (SSSR count). The monoisotopic (exact) mass is 372 g/mol. The van der Waals surface area contributed by atoms with Crippen LogP contribution >= 0.6 is 0 Å². The number of benzene rings is 2. The van der Waals surface area contributed by atoms with Crippen molar-refractivity contribution in [2.45, 2.75) is 24.2 Å². The van der Waals surface area contributed by atoms with Crippen LogP contribution in [0.1, 0.15) is 18.4 Å². The predicted octanol–water partition coefficient (Wildman–Crippen LogP) is 3.56. The molecule has 0 unspecified atom stereocenters. The second-order valence-corrected chi connectivity index (χ2v) is 8.64. The van der Waals surface area contributed by atoms with Gasteiger partial charge in [-0.25, -0.2) is 16.8 Å². The number of halogens is 1. The Morgan fingerprint density at radius 3 is 2.54 bits per heavy atom. The molecule has 0 radical (unpaired) electrons. The minimum Gasteiger partial charge on any atom is -0.317 e. The molecule has 26 heavy (non-hydrogen) atoms. The number of hydrogen-bond donors (Lipinski definition) is 1. The molecule has 1 N–H and O–H groups in total. The first-order valence-electron chi connectivity index (χ1n) is 8.86. The Hall–Kier alpha value is -2.18. The summed E-state index contributed by atoms with van der Waals surface area (Å²) in [7, 11) is -3.72. The molecule has 0 bridgehead atoms. The molecule has 2 aromatic carbocycles. The van der Waals surface area contributed by atoms with E-state index in [1.165, 1.54) is 16.1 Å². The second kappa shape index (κ2) is 6.85. The van der Waals surface area contributed by atoms with Crippen molar-refractivity contribution in [1.82, 2.24) is 9.29 Å². The van der Waals surface area contributed by atoms with E-state index < -0.39 is 10.0 Å². The Morgan fingerprint density at radius 1 is 1.08 bits per heavy atom. The van der Waals surface area contributed by atoms with Gasteiger partial charge in [0.1, 0.15) is 5.82 Å². The van der Waals surface area contributed by atoms with Crippen molar-refractivity contribution in [2.75, 3.05) is 13.1 Å². The van der Waals surface area contributed by atoms with E-state index in [-0.39, 0.29) is 10.7 Å². The molecule has 0 amide bonds. The van der Waals surface area contributed by atoms with Gasteiger partial charge in [0.2, 0.25) is 0 Å². The number of nitrogens with one attached hydrogen (secondary N) is 1. The number of piperidine rings is 1. The molecule has 0 aliphatic carbocycles. The summed E-state index contributed by atoms with van der Waals surface area (Å²) in [5, 5.41) is 4.02. The highest BCUT2D eigenvalue weighted by Crippen LogP contribution is 2.30. The van der Waals surface area contributed by atoms with Gasteiger partial charge >= 0.3 is 0 Å². The lowest BCUT2D eigenvalue weighted by molar-refractivity contribution is 0.373. The minimum absolute atomic E-state index is 0.231. The Morgan fingerprint density at radius 2 is 1.81 bits per heavy atom. The summed E-state index contributed by atoms with van der Waals surface area (Å²) in [6, 6.07) is 12.7. The molecular weight excluding hydrogens is 351 g/mol. The highest BCUT2D eigenvalue weighted by molar-refractivity contribution is 7.90. The van der Waals surface area contributed by atoms with Crippen LogP contribution in [0.25, 0.3) is 10.9 Å². The van der Waals surface area contributed by atoms with E-state index in [1.807, 2.05) is 0 Å². The SMILES string of the molecule is O=S(=O)(c1ccccc1)n1cc(CC2CCNCC2)c2cc(F)ccc21. The summed E-state index contributed by atoms with van der Waals surface area (Å²) in [4.78, 5) is 0.231. The van der Waals surface area contributed by atoms with Crippen LogP contribution in [0.2, 0.25) is 0 Å². The fraction of sp³-hybridized carbons (Fsp3) is 0.300. The van der Waals surface area contributed by atoms with E-state index in [9.17, 15) is 12.8 Å².